The van der Waals surface area contributed by atoms with Crippen LogP contribution in [0.2, 0.25) is 0 Å². The first-order valence-corrected chi connectivity index (χ1v) is 9.99. The van der Waals surface area contributed by atoms with Gasteiger partial charge in [0.05, 0.1) is 6.33 Å². The maximum absolute atomic E-state index is 12.6. The van der Waals surface area contributed by atoms with Gasteiger partial charge in [0.2, 0.25) is 0 Å². The summed E-state index contributed by atoms with van der Waals surface area (Å²) >= 11 is 0. The van der Waals surface area contributed by atoms with Crippen LogP contribution in [0, 0.1) is 5.92 Å². The number of anilines is 1. The van der Waals surface area contributed by atoms with E-state index in [4.69, 9.17) is 0 Å². The van der Waals surface area contributed by atoms with E-state index in [1.54, 1.807) is 12.5 Å². The van der Waals surface area contributed by atoms with Gasteiger partial charge in [-0.2, -0.15) is 0 Å². The topological polar surface area (TPSA) is 59.0 Å². The Balaban J connectivity index is 1.20. The highest BCUT2D eigenvalue weighted by Crippen LogP contribution is 2.41. The number of hydrogen-bond donors (Lipinski definition) is 2. The van der Waals surface area contributed by atoms with Crippen LogP contribution >= 0.6 is 0 Å². The lowest BCUT2D eigenvalue weighted by molar-refractivity contribution is 0.102. The number of nitrogens with one attached hydrogen (secondary N) is 2. The first kappa shape index (κ1) is 17.2. The Labute approximate surface area is 164 Å². The molecule has 2 saturated carbocycles. The molecule has 2 atom stereocenters. The zero-order chi connectivity index (χ0) is 18.9. The predicted octanol–water partition coefficient (Wildman–Crippen LogP) is 3.98. The molecule has 5 heteroatoms. The number of amides is 1. The van der Waals surface area contributed by atoms with E-state index in [0.717, 1.165) is 17.3 Å². The Hall–Kier alpha value is -2.92. The summed E-state index contributed by atoms with van der Waals surface area (Å²) in [6.07, 6.45) is 9.31. The highest BCUT2D eigenvalue weighted by molar-refractivity contribution is 6.04. The first-order valence-electron chi connectivity index (χ1n) is 9.99. The Kier molecular flexibility index (Phi) is 4.45. The molecule has 2 N–H and O–H groups in total. The Morgan fingerprint density at radius 2 is 2.00 bits per heavy atom. The summed E-state index contributed by atoms with van der Waals surface area (Å²) in [5.74, 6) is 1.44. The second-order valence-corrected chi connectivity index (χ2v) is 7.90. The van der Waals surface area contributed by atoms with Crippen molar-refractivity contribution in [1.29, 1.82) is 0 Å². The van der Waals surface area contributed by atoms with Crippen molar-refractivity contribution >= 4 is 11.6 Å². The summed E-state index contributed by atoms with van der Waals surface area (Å²) < 4.78 is 1.88. The largest absolute Gasteiger partial charge is 0.322 e. The van der Waals surface area contributed by atoms with Crippen molar-refractivity contribution in [1.82, 2.24) is 14.9 Å². The SMILES string of the molecule is O=C(Nc1ccc(C2CC2NCC2CC2)cc1)c1cccc(-n2ccnc2)c1. The van der Waals surface area contributed by atoms with E-state index in [2.05, 4.69) is 27.8 Å². The average molecular weight is 372 g/mol. The molecule has 2 unspecified atom stereocenters. The van der Waals surface area contributed by atoms with Crippen molar-refractivity contribution < 1.29 is 4.79 Å². The third kappa shape index (κ3) is 3.85. The molecule has 1 heterocycles. The zero-order valence-electron chi connectivity index (χ0n) is 15.7. The van der Waals surface area contributed by atoms with Crippen LogP contribution in [0.3, 0.4) is 0 Å². The molecule has 2 aromatic carbocycles. The molecule has 2 aliphatic rings. The van der Waals surface area contributed by atoms with E-state index in [-0.39, 0.29) is 5.91 Å². The minimum absolute atomic E-state index is 0.106. The van der Waals surface area contributed by atoms with Crippen LogP contribution in [-0.4, -0.2) is 28.0 Å². The molecule has 3 aromatic rings. The fraction of sp³-hybridized carbons (Fsp3) is 0.304. The lowest BCUT2D eigenvalue weighted by Gasteiger charge is -2.09. The maximum Gasteiger partial charge on any atom is 0.255 e. The number of hydrogen-bond acceptors (Lipinski definition) is 3. The Morgan fingerprint density at radius 1 is 1.14 bits per heavy atom. The van der Waals surface area contributed by atoms with E-state index in [1.807, 2.05) is 47.2 Å². The third-order valence-electron chi connectivity index (χ3n) is 5.66. The van der Waals surface area contributed by atoms with Gasteiger partial charge in [0, 0.05) is 41.3 Å². The van der Waals surface area contributed by atoms with Crippen molar-refractivity contribution in [3.8, 4) is 5.69 Å². The summed E-state index contributed by atoms with van der Waals surface area (Å²) in [7, 11) is 0. The summed E-state index contributed by atoms with van der Waals surface area (Å²) in [6.45, 7) is 1.17. The lowest BCUT2D eigenvalue weighted by atomic mass is 10.1. The van der Waals surface area contributed by atoms with Crippen LogP contribution in [0.25, 0.3) is 5.69 Å². The van der Waals surface area contributed by atoms with Crippen LogP contribution < -0.4 is 10.6 Å². The number of carbonyl (C=O) groups excluding carboxylic acids is 1. The van der Waals surface area contributed by atoms with Crippen LogP contribution in [0.1, 0.15) is 41.1 Å². The molecular formula is C23H24N4O. The van der Waals surface area contributed by atoms with Gasteiger partial charge in [-0.25, -0.2) is 4.98 Å². The van der Waals surface area contributed by atoms with Gasteiger partial charge in [-0.1, -0.05) is 18.2 Å². The van der Waals surface area contributed by atoms with Crippen LogP contribution in [0.4, 0.5) is 5.69 Å². The number of carbonyl (C=O) groups is 1. The van der Waals surface area contributed by atoms with Crippen LogP contribution in [0.5, 0.6) is 0 Å². The molecule has 0 radical (unpaired) electrons. The van der Waals surface area contributed by atoms with Crippen LogP contribution in [0.15, 0.2) is 67.3 Å². The second-order valence-electron chi connectivity index (χ2n) is 7.90. The normalized spacial score (nSPS) is 20.7. The van der Waals surface area contributed by atoms with Crippen molar-refractivity contribution in [2.45, 2.75) is 31.2 Å². The molecule has 0 aliphatic heterocycles. The standard InChI is InChI=1S/C23H24N4O/c28-23(18-2-1-3-20(12-18)27-11-10-24-15-27)26-19-8-6-17(7-9-19)21-13-22(21)25-14-16-4-5-16/h1-3,6-12,15-16,21-22,25H,4-5,13-14H2,(H,26,28). The van der Waals surface area contributed by atoms with E-state index in [1.165, 1.54) is 31.4 Å². The minimum atomic E-state index is -0.106. The van der Waals surface area contributed by atoms with E-state index in [9.17, 15) is 4.79 Å². The second kappa shape index (κ2) is 7.24. The van der Waals surface area contributed by atoms with E-state index < -0.39 is 0 Å². The van der Waals surface area contributed by atoms with Crippen molar-refractivity contribution in [3.05, 3.63) is 78.4 Å². The molecule has 2 aliphatic carbocycles. The van der Waals surface area contributed by atoms with Crippen molar-refractivity contribution in [3.63, 3.8) is 0 Å². The van der Waals surface area contributed by atoms with E-state index in [0.29, 0.717) is 17.5 Å². The molecule has 0 spiro atoms. The highest BCUT2D eigenvalue weighted by Gasteiger charge is 2.38. The van der Waals surface area contributed by atoms with Gasteiger partial charge in [0.15, 0.2) is 0 Å². The van der Waals surface area contributed by atoms with Gasteiger partial charge in [0.25, 0.3) is 5.91 Å². The van der Waals surface area contributed by atoms with Crippen LogP contribution in [-0.2, 0) is 0 Å². The maximum atomic E-state index is 12.6. The van der Waals surface area contributed by atoms with Gasteiger partial charge in [-0.15, -0.1) is 0 Å². The minimum Gasteiger partial charge on any atom is -0.322 e. The number of nitrogens with zero attached hydrogens (tertiary/aromatic N) is 2. The Bertz CT molecular complexity index is 961. The van der Waals surface area contributed by atoms with Crippen molar-refractivity contribution in [2.24, 2.45) is 5.92 Å². The third-order valence-corrected chi connectivity index (χ3v) is 5.66. The first-order chi connectivity index (χ1) is 13.8. The monoisotopic (exact) mass is 372 g/mol. The Morgan fingerprint density at radius 3 is 2.75 bits per heavy atom. The van der Waals surface area contributed by atoms with Crippen molar-refractivity contribution in [2.75, 3.05) is 11.9 Å². The number of rotatable bonds is 7. The summed E-state index contributed by atoms with van der Waals surface area (Å²) in [5.41, 5.74) is 3.72. The molecule has 1 amide bonds. The summed E-state index contributed by atoms with van der Waals surface area (Å²) in [4.78, 5) is 16.7. The quantitative estimate of drug-likeness (QED) is 0.659. The fourth-order valence-electron chi connectivity index (χ4n) is 3.67. The number of aromatic nitrogens is 2. The number of benzene rings is 2. The molecular weight excluding hydrogens is 348 g/mol. The van der Waals surface area contributed by atoms with Gasteiger partial charge in [0.1, 0.15) is 0 Å². The highest BCUT2D eigenvalue weighted by atomic mass is 16.1. The van der Waals surface area contributed by atoms with Gasteiger partial charge < -0.3 is 15.2 Å². The van der Waals surface area contributed by atoms with Gasteiger partial charge in [-0.3, -0.25) is 4.79 Å². The summed E-state index contributed by atoms with van der Waals surface area (Å²) in [6, 6.07) is 16.4. The predicted molar refractivity (Wildman–Crippen MR) is 110 cm³/mol. The molecule has 142 valence electrons. The molecule has 2 fully saturated rings. The van der Waals surface area contributed by atoms with Gasteiger partial charge in [-0.05, 0) is 67.6 Å². The summed E-state index contributed by atoms with van der Waals surface area (Å²) in [5, 5.41) is 6.67. The lowest BCUT2D eigenvalue weighted by Crippen LogP contribution is -2.20. The number of imidazole rings is 1. The smallest absolute Gasteiger partial charge is 0.255 e. The molecule has 28 heavy (non-hydrogen) atoms. The molecule has 5 nitrogen and oxygen atoms in total. The van der Waals surface area contributed by atoms with E-state index >= 15 is 0 Å². The molecule has 0 saturated heterocycles. The molecule has 5 rings (SSSR count). The van der Waals surface area contributed by atoms with Gasteiger partial charge >= 0.3 is 0 Å². The zero-order valence-corrected chi connectivity index (χ0v) is 15.7. The molecule has 1 aromatic heterocycles. The fourth-order valence-corrected chi connectivity index (χ4v) is 3.67. The average Bonchev–Trinajstić information content (AvgIpc) is 3.64. The molecule has 0 bridgehead atoms.